The van der Waals surface area contributed by atoms with Gasteiger partial charge in [-0.15, -0.1) is 0 Å². The van der Waals surface area contributed by atoms with Gasteiger partial charge in [0.25, 0.3) is 17.4 Å². The number of aliphatic hydroxyl groups excluding tert-OH is 1. The first kappa shape index (κ1) is 24.6. The minimum Gasteiger partial charge on any atom is -0.395 e. The molecule has 5 rings (SSSR count). The maximum absolute atomic E-state index is 13.8. The van der Waals surface area contributed by atoms with Gasteiger partial charge in [-0.2, -0.15) is 0 Å². The Bertz CT molecular complexity index is 1430. The highest BCUT2D eigenvalue weighted by Gasteiger charge is 2.67. The first-order valence-corrected chi connectivity index (χ1v) is 13.4. The van der Waals surface area contributed by atoms with Gasteiger partial charge in [0.1, 0.15) is 17.1 Å². The smallest absolute Gasteiger partial charge is 0.270 e. The Hall–Kier alpha value is -3.05. The van der Waals surface area contributed by atoms with E-state index in [-0.39, 0.29) is 43.3 Å². The van der Waals surface area contributed by atoms with Gasteiger partial charge in [0.05, 0.1) is 16.1 Å². The summed E-state index contributed by atoms with van der Waals surface area (Å²) in [7, 11) is -3.62. The van der Waals surface area contributed by atoms with Crippen molar-refractivity contribution in [2.24, 2.45) is 0 Å². The fourth-order valence-electron chi connectivity index (χ4n) is 4.93. The second-order valence-electron chi connectivity index (χ2n) is 10.1. The molecule has 1 aromatic carbocycles. The molecule has 0 spiro atoms. The maximum Gasteiger partial charge on any atom is 0.270 e. The molecule has 2 aliphatic carbocycles. The van der Waals surface area contributed by atoms with Crippen LogP contribution in [0.2, 0.25) is 0 Å². The molecule has 3 aliphatic rings. The lowest BCUT2D eigenvalue weighted by molar-refractivity contribution is 0.0694. The number of amides is 2. The van der Waals surface area contributed by atoms with Gasteiger partial charge in [-0.3, -0.25) is 14.4 Å². The van der Waals surface area contributed by atoms with Crippen LogP contribution >= 0.6 is 0 Å². The van der Waals surface area contributed by atoms with Crippen molar-refractivity contribution in [3.8, 4) is 0 Å². The highest BCUT2D eigenvalue weighted by Crippen LogP contribution is 2.56. The van der Waals surface area contributed by atoms with Gasteiger partial charge in [0, 0.05) is 26.2 Å². The molecule has 2 amide bonds. The van der Waals surface area contributed by atoms with Crippen LogP contribution in [0.4, 0.5) is 4.39 Å². The number of sulfone groups is 1. The van der Waals surface area contributed by atoms with Crippen molar-refractivity contribution in [1.29, 1.82) is 0 Å². The number of pyridine rings is 1. The zero-order valence-electron chi connectivity index (χ0n) is 19.9. The molecule has 2 N–H and O–H groups in total. The summed E-state index contributed by atoms with van der Waals surface area (Å²) >= 11 is 0. The first-order valence-electron chi connectivity index (χ1n) is 12.0. The third kappa shape index (κ3) is 3.85. The summed E-state index contributed by atoms with van der Waals surface area (Å²) in [4.78, 5) is 40.3. The Morgan fingerprint density at radius 1 is 1.08 bits per heavy atom. The lowest BCUT2D eigenvalue weighted by Gasteiger charge is -2.33. The standard InChI is InChI=1S/C25H28FN3O6S/c1-16-2-3-17(12-19(16)26)13-27-21(31)18-4-5-20-23(33)28(10-11-29(20)22(18)32)14-24(6-7-24)36(34,35)25(15-30)8-9-25/h2-5,12,30H,6-11,13-15H2,1H3,(H,27,31). The topological polar surface area (TPSA) is 126 Å². The van der Waals surface area contributed by atoms with E-state index in [1.54, 1.807) is 19.1 Å². The number of fused-ring (bicyclic) bond motifs is 1. The molecule has 11 heteroatoms. The number of aryl methyl sites for hydroxylation is 1. The summed E-state index contributed by atoms with van der Waals surface area (Å²) < 4.78 is 39.3. The summed E-state index contributed by atoms with van der Waals surface area (Å²) in [5.74, 6) is -1.48. The molecule has 192 valence electrons. The van der Waals surface area contributed by atoms with Crippen molar-refractivity contribution in [2.75, 3.05) is 19.7 Å². The Labute approximate surface area is 207 Å². The number of halogens is 1. The van der Waals surface area contributed by atoms with Crippen molar-refractivity contribution < 1.29 is 27.5 Å². The highest BCUT2D eigenvalue weighted by atomic mass is 32.2. The molecular weight excluding hydrogens is 489 g/mol. The third-order valence-corrected chi connectivity index (χ3v) is 11.1. The predicted molar refractivity (Wildman–Crippen MR) is 129 cm³/mol. The number of carbonyl (C=O) groups is 2. The summed E-state index contributed by atoms with van der Waals surface area (Å²) in [5.41, 5.74) is 0.391. The van der Waals surface area contributed by atoms with Gasteiger partial charge >= 0.3 is 0 Å². The van der Waals surface area contributed by atoms with E-state index in [1.165, 1.54) is 27.7 Å². The average molecular weight is 518 g/mol. The van der Waals surface area contributed by atoms with Crippen LogP contribution in [0.1, 0.15) is 57.7 Å². The van der Waals surface area contributed by atoms with Crippen molar-refractivity contribution >= 4 is 21.7 Å². The number of rotatable bonds is 8. The maximum atomic E-state index is 13.8. The highest BCUT2D eigenvalue weighted by molar-refractivity contribution is 7.94. The van der Waals surface area contributed by atoms with Crippen LogP contribution in [-0.2, 0) is 22.9 Å². The van der Waals surface area contributed by atoms with Gasteiger partial charge < -0.3 is 19.9 Å². The molecule has 1 aliphatic heterocycles. The van der Waals surface area contributed by atoms with E-state index in [0.717, 1.165) is 0 Å². The Balaban J connectivity index is 1.31. The predicted octanol–water partition coefficient (Wildman–Crippen LogP) is 1.15. The molecule has 0 unspecified atom stereocenters. The van der Waals surface area contributed by atoms with Gasteiger partial charge in [-0.1, -0.05) is 12.1 Å². The van der Waals surface area contributed by atoms with E-state index in [1.807, 2.05) is 0 Å². The van der Waals surface area contributed by atoms with Crippen LogP contribution in [0.15, 0.2) is 35.1 Å². The molecule has 9 nitrogen and oxygen atoms in total. The second-order valence-corrected chi connectivity index (χ2v) is 12.8. The zero-order chi connectivity index (χ0) is 25.9. The summed E-state index contributed by atoms with van der Waals surface area (Å²) in [6.45, 7) is 1.56. The number of hydrogen-bond acceptors (Lipinski definition) is 6. The van der Waals surface area contributed by atoms with Crippen LogP contribution in [0, 0.1) is 12.7 Å². The Morgan fingerprint density at radius 2 is 1.78 bits per heavy atom. The summed E-state index contributed by atoms with van der Waals surface area (Å²) in [5, 5.41) is 12.3. The van der Waals surface area contributed by atoms with Crippen LogP contribution < -0.4 is 10.9 Å². The van der Waals surface area contributed by atoms with Gasteiger partial charge in [-0.05, 0) is 61.9 Å². The fourth-order valence-corrected chi connectivity index (χ4v) is 7.62. The summed E-state index contributed by atoms with van der Waals surface area (Å²) in [6.07, 6.45) is 1.75. The molecule has 0 atom stereocenters. The minimum atomic E-state index is -3.62. The van der Waals surface area contributed by atoms with Crippen molar-refractivity contribution in [3.63, 3.8) is 0 Å². The summed E-state index contributed by atoms with van der Waals surface area (Å²) in [6, 6.07) is 7.30. The molecule has 0 bridgehead atoms. The lowest BCUT2D eigenvalue weighted by Crippen LogP contribution is -2.51. The largest absolute Gasteiger partial charge is 0.395 e. The van der Waals surface area contributed by atoms with E-state index < -0.39 is 43.3 Å². The van der Waals surface area contributed by atoms with Gasteiger partial charge in [0.15, 0.2) is 9.84 Å². The SMILES string of the molecule is Cc1ccc(CNC(=O)c2ccc3n(c2=O)CCN(CC2(S(=O)(=O)C4(CO)CC4)CC2)C3=O)cc1F. The molecule has 2 aromatic rings. The molecule has 36 heavy (non-hydrogen) atoms. The lowest BCUT2D eigenvalue weighted by atomic mass is 10.1. The fraction of sp³-hybridized carbons (Fsp3) is 0.480. The molecule has 0 radical (unpaired) electrons. The minimum absolute atomic E-state index is 0.0272. The van der Waals surface area contributed by atoms with E-state index >= 15 is 0 Å². The molecule has 2 fully saturated rings. The average Bonchev–Trinajstić information content (AvgIpc) is 3.77. The number of nitrogens with one attached hydrogen (secondary N) is 1. The van der Waals surface area contributed by atoms with Gasteiger partial charge in [0.2, 0.25) is 0 Å². The monoisotopic (exact) mass is 517 g/mol. The van der Waals surface area contributed by atoms with Crippen LogP contribution in [0.5, 0.6) is 0 Å². The van der Waals surface area contributed by atoms with E-state index in [9.17, 15) is 32.3 Å². The number of hydrogen-bond donors (Lipinski definition) is 2. The molecule has 2 heterocycles. The number of aliphatic hydroxyl groups is 1. The van der Waals surface area contributed by atoms with E-state index in [0.29, 0.717) is 36.8 Å². The number of aromatic nitrogens is 1. The Morgan fingerprint density at radius 3 is 2.39 bits per heavy atom. The quantitative estimate of drug-likeness (QED) is 0.541. The third-order valence-electron chi connectivity index (χ3n) is 7.73. The van der Waals surface area contributed by atoms with Crippen LogP contribution in [-0.4, -0.2) is 64.0 Å². The molecule has 1 aromatic heterocycles. The second kappa shape index (κ2) is 8.52. The van der Waals surface area contributed by atoms with Crippen molar-refractivity contribution in [2.45, 2.75) is 55.2 Å². The van der Waals surface area contributed by atoms with E-state index in [2.05, 4.69) is 5.32 Å². The number of carbonyl (C=O) groups excluding carboxylic acids is 2. The van der Waals surface area contributed by atoms with Crippen LogP contribution in [0.25, 0.3) is 0 Å². The van der Waals surface area contributed by atoms with Crippen molar-refractivity contribution in [1.82, 2.24) is 14.8 Å². The molecule has 0 saturated heterocycles. The number of benzene rings is 1. The molecule has 2 saturated carbocycles. The zero-order valence-corrected chi connectivity index (χ0v) is 20.7. The molecular formula is C25H28FN3O6S. The van der Waals surface area contributed by atoms with Crippen molar-refractivity contribution in [3.05, 3.63) is 68.9 Å². The van der Waals surface area contributed by atoms with Crippen LogP contribution in [0.3, 0.4) is 0 Å². The first-order chi connectivity index (χ1) is 17.0. The normalized spacial score (nSPS) is 19.5. The Kier molecular flexibility index (Phi) is 5.83. The van der Waals surface area contributed by atoms with Gasteiger partial charge in [-0.25, -0.2) is 12.8 Å². The van der Waals surface area contributed by atoms with E-state index in [4.69, 9.17) is 0 Å². The number of nitrogens with zero attached hydrogens (tertiary/aromatic N) is 2.